The molecule has 0 saturated heterocycles. The number of benzene rings is 1. The third-order valence-corrected chi connectivity index (χ3v) is 2.24. The molecule has 1 aromatic carbocycles. The average Bonchev–Trinajstić information content (AvgIpc) is 2.20. The number of aryl methyl sites for hydroxylation is 1. The smallest absolute Gasteiger partial charge is 0.252 e. The van der Waals surface area contributed by atoms with Crippen molar-refractivity contribution in [2.45, 2.75) is 6.92 Å². The predicted octanol–water partition coefficient (Wildman–Crippen LogP) is 1.48. The Hall–Kier alpha value is -1.13. The summed E-state index contributed by atoms with van der Waals surface area (Å²) in [6.45, 7) is 2.26. The number of nitrogens with one attached hydrogen (secondary N) is 1. The van der Waals surface area contributed by atoms with E-state index in [-0.39, 0.29) is 10.6 Å². The summed E-state index contributed by atoms with van der Waals surface area (Å²) >= 11 is 5.82. The number of hydrogen-bond donors (Lipinski definition) is 2. The molecule has 0 aromatic heterocycles. The molecule has 0 aliphatic heterocycles. The van der Waals surface area contributed by atoms with Crippen molar-refractivity contribution in [2.24, 2.45) is 5.73 Å². The molecule has 0 saturated carbocycles. The molecule has 5 heteroatoms. The van der Waals surface area contributed by atoms with Crippen LogP contribution in [-0.4, -0.2) is 19.0 Å². The van der Waals surface area contributed by atoms with Crippen LogP contribution in [0.5, 0.6) is 0 Å². The Morgan fingerprint density at radius 3 is 2.87 bits per heavy atom. The van der Waals surface area contributed by atoms with Gasteiger partial charge in [-0.25, -0.2) is 4.39 Å². The van der Waals surface area contributed by atoms with Gasteiger partial charge in [0.25, 0.3) is 5.91 Å². The molecule has 1 aromatic rings. The van der Waals surface area contributed by atoms with Gasteiger partial charge in [0, 0.05) is 13.1 Å². The van der Waals surface area contributed by atoms with Gasteiger partial charge in [-0.2, -0.15) is 0 Å². The molecule has 82 valence electrons. The van der Waals surface area contributed by atoms with Gasteiger partial charge in [-0.1, -0.05) is 11.6 Å². The minimum Gasteiger partial charge on any atom is -0.351 e. The van der Waals surface area contributed by atoms with Gasteiger partial charge in [0.15, 0.2) is 0 Å². The van der Waals surface area contributed by atoms with Crippen LogP contribution in [0.3, 0.4) is 0 Å². The van der Waals surface area contributed by atoms with Crippen molar-refractivity contribution in [2.75, 3.05) is 13.1 Å². The minimum absolute atomic E-state index is 0.133. The number of carbonyl (C=O) groups is 1. The highest BCUT2D eigenvalue weighted by Crippen LogP contribution is 2.20. The summed E-state index contributed by atoms with van der Waals surface area (Å²) in [4.78, 5) is 11.5. The van der Waals surface area contributed by atoms with Gasteiger partial charge in [-0.15, -0.1) is 0 Å². The van der Waals surface area contributed by atoms with E-state index in [1.165, 1.54) is 6.07 Å². The van der Waals surface area contributed by atoms with E-state index in [1.54, 1.807) is 6.92 Å². The Balaban J connectivity index is 2.94. The van der Waals surface area contributed by atoms with E-state index < -0.39 is 11.7 Å². The summed E-state index contributed by atoms with van der Waals surface area (Å²) < 4.78 is 13.2. The normalized spacial score (nSPS) is 10.1. The molecule has 3 N–H and O–H groups in total. The van der Waals surface area contributed by atoms with E-state index in [2.05, 4.69) is 5.32 Å². The van der Waals surface area contributed by atoms with Crippen molar-refractivity contribution >= 4 is 17.5 Å². The summed E-state index contributed by atoms with van der Waals surface area (Å²) in [5, 5.41) is 2.76. The van der Waals surface area contributed by atoms with Crippen LogP contribution in [-0.2, 0) is 0 Å². The van der Waals surface area contributed by atoms with Gasteiger partial charge < -0.3 is 11.1 Å². The molecule has 1 rings (SSSR count). The van der Waals surface area contributed by atoms with Crippen LogP contribution in [0.1, 0.15) is 15.9 Å². The number of amides is 1. The molecule has 0 aliphatic carbocycles. The maximum absolute atomic E-state index is 13.2. The lowest BCUT2D eigenvalue weighted by Gasteiger charge is -2.06. The standard InChI is InChI=1S/C10H12ClFN2O/c1-6-4-8(11)7(5-9(6)12)10(15)14-3-2-13/h4-5H,2-3,13H2,1H3,(H,14,15). The average molecular weight is 231 g/mol. The fourth-order valence-corrected chi connectivity index (χ4v) is 1.41. The third-order valence-electron chi connectivity index (χ3n) is 1.92. The zero-order chi connectivity index (χ0) is 11.4. The largest absolute Gasteiger partial charge is 0.351 e. The van der Waals surface area contributed by atoms with Crippen LogP contribution < -0.4 is 11.1 Å². The predicted molar refractivity (Wildman–Crippen MR) is 57.5 cm³/mol. The summed E-state index contributed by atoms with van der Waals surface area (Å²) in [6, 6.07) is 2.55. The summed E-state index contributed by atoms with van der Waals surface area (Å²) in [5.74, 6) is -0.860. The summed E-state index contributed by atoms with van der Waals surface area (Å²) in [5.41, 5.74) is 5.77. The number of nitrogens with two attached hydrogens (primary N) is 1. The first-order valence-electron chi connectivity index (χ1n) is 4.50. The van der Waals surface area contributed by atoms with Crippen molar-refractivity contribution in [3.8, 4) is 0 Å². The van der Waals surface area contributed by atoms with E-state index in [9.17, 15) is 9.18 Å². The van der Waals surface area contributed by atoms with Crippen molar-refractivity contribution in [1.82, 2.24) is 5.32 Å². The Labute approximate surface area is 92.4 Å². The molecular formula is C10H12ClFN2O. The van der Waals surface area contributed by atoms with Gasteiger partial charge in [0.05, 0.1) is 10.6 Å². The van der Waals surface area contributed by atoms with Crippen molar-refractivity contribution in [1.29, 1.82) is 0 Å². The van der Waals surface area contributed by atoms with Gasteiger partial charge in [0.2, 0.25) is 0 Å². The number of rotatable bonds is 3. The molecule has 15 heavy (non-hydrogen) atoms. The van der Waals surface area contributed by atoms with Crippen molar-refractivity contribution in [3.05, 3.63) is 34.1 Å². The second kappa shape index (κ2) is 5.09. The first kappa shape index (κ1) is 11.9. The minimum atomic E-state index is -0.447. The second-order valence-electron chi connectivity index (χ2n) is 3.13. The Bertz CT molecular complexity index is 382. The number of halogens is 2. The maximum atomic E-state index is 13.2. The lowest BCUT2D eigenvalue weighted by molar-refractivity contribution is 0.0954. The highest BCUT2D eigenvalue weighted by atomic mass is 35.5. The molecule has 0 radical (unpaired) electrons. The van der Waals surface area contributed by atoms with Crippen molar-refractivity contribution in [3.63, 3.8) is 0 Å². The van der Waals surface area contributed by atoms with E-state index in [4.69, 9.17) is 17.3 Å². The SMILES string of the molecule is Cc1cc(Cl)c(C(=O)NCCN)cc1F. The van der Waals surface area contributed by atoms with Crippen LogP contribution >= 0.6 is 11.6 Å². The van der Waals surface area contributed by atoms with E-state index in [1.807, 2.05) is 0 Å². The van der Waals surface area contributed by atoms with E-state index >= 15 is 0 Å². The summed E-state index contributed by atoms with van der Waals surface area (Å²) in [6.07, 6.45) is 0. The van der Waals surface area contributed by atoms with Crippen LogP contribution in [0.4, 0.5) is 4.39 Å². The lowest BCUT2D eigenvalue weighted by atomic mass is 10.1. The molecular weight excluding hydrogens is 219 g/mol. The molecule has 0 fully saturated rings. The zero-order valence-electron chi connectivity index (χ0n) is 8.31. The third kappa shape index (κ3) is 2.91. The maximum Gasteiger partial charge on any atom is 0.252 e. The molecule has 0 spiro atoms. The monoisotopic (exact) mass is 230 g/mol. The Kier molecular flexibility index (Phi) is 4.05. The molecule has 0 bridgehead atoms. The molecule has 0 aliphatic rings. The lowest BCUT2D eigenvalue weighted by Crippen LogP contribution is -2.29. The van der Waals surface area contributed by atoms with Gasteiger partial charge in [0.1, 0.15) is 5.82 Å². The first-order valence-corrected chi connectivity index (χ1v) is 4.88. The topological polar surface area (TPSA) is 55.1 Å². The fourth-order valence-electron chi connectivity index (χ4n) is 1.10. The fraction of sp³-hybridized carbons (Fsp3) is 0.300. The van der Waals surface area contributed by atoms with E-state index in [0.717, 1.165) is 6.07 Å². The molecule has 0 heterocycles. The van der Waals surface area contributed by atoms with Gasteiger partial charge in [-0.3, -0.25) is 4.79 Å². The Morgan fingerprint density at radius 2 is 2.27 bits per heavy atom. The highest BCUT2D eigenvalue weighted by Gasteiger charge is 2.12. The molecule has 0 atom stereocenters. The van der Waals surface area contributed by atoms with Crippen LogP contribution in [0.2, 0.25) is 5.02 Å². The highest BCUT2D eigenvalue weighted by molar-refractivity contribution is 6.33. The number of hydrogen-bond acceptors (Lipinski definition) is 2. The quantitative estimate of drug-likeness (QED) is 0.827. The van der Waals surface area contributed by atoms with Crippen LogP contribution in [0.15, 0.2) is 12.1 Å². The second-order valence-corrected chi connectivity index (χ2v) is 3.53. The molecule has 3 nitrogen and oxygen atoms in total. The summed E-state index contributed by atoms with van der Waals surface area (Å²) in [7, 11) is 0. The Morgan fingerprint density at radius 1 is 1.60 bits per heavy atom. The van der Waals surface area contributed by atoms with Gasteiger partial charge in [-0.05, 0) is 24.6 Å². The molecule has 1 amide bonds. The number of carbonyl (C=O) groups excluding carboxylic acids is 1. The van der Waals surface area contributed by atoms with Crippen molar-refractivity contribution < 1.29 is 9.18 Å². The zero-order valence-corrected chi connectivity index (χ0v) is 9.07. The van der Waals surface area contributed by atoms with E-state index in [0.29, 0.717) is 18.7 Å². The van der Waals surface area contributed by atoms with Crippen LogP contribution in [0.25, 0.3) is 0 Å². The van der Waals surface area contributed by atoms with Gasteiger partial charge >= 0.3 is 0 Å². The van der Waals surface area contributed by atoms with Crippen LogP contribution in [0, 0.1) is 12.7 Å². The first-order chi connectivity index (χ1) is 7.06. The molecule has 0 unspecified atom stereocenters.